The molecular formula is C15H22O3S2. The maximum Gasteiger partial charge on any atom is 0.175 e. The van der Waals surface area contributed by atoms with E-state index in [4.69, 9.17) is 0 Å². The van der Waals surface area contributed by atoms with E-state index >= 15 is 0 Å². The number of thioether (sulfide) groups is 1. The maximum absolute atomic E-state index is 11.4. The van der Waals surface area contributed by atoms with Crippen molar-refractivity contribution in [1.29, 1.82) is 0 Å². The monoisotopic (exact) mass is 314 g/mol. The summed E-state index contributed by atoms with van der Waals surface area (Å²) >= 11 is 1.60. The molecule has 0 bridgehead atoms. The van der Waals surface area contributed by atoms with Crippen molar-refractivity contribution in [2.75, 3.05) is 12.0 Å². The molecule has 0 saturated heterocycles. The zero-order valence-electron chi connectivity index (χ0n) is 12.0. The Bertz CT molecular complexity index is 541. The van der Waals surface area contributed by atoms with Gasteiger partial charge in [-0.25, -0.2) is 8.42 Å². The van der Waals surface area contributed by atoms with E-state index in [2.05, 4.69) is 6.92 Å². The summed E-state index contributed by atoms with van der Waals surface area (Å²) < 4.78 is 22.8. The number of hydrogen-bond acceptors (Lipinski definition) is 4. The summed E-state index contributed by atoms with van der Waals surface area (Å²) in [5.74, 6) is 1.40. The van der Waals surface area contributed by atoms with Crippen molar-refractivity contribution in [3.05, 3.63) is 24.3 Å². The van der Waals surface area contributed by atoms with Gasteiger partial charge in [-0.15, -0.1) is 11.8 Å². The van der Waals surface area contributed by atoms with Crippen molar-refractivity contribution in [2.24, 2.45) is 5.92 Å². The minimum Gasteiger partial charge on any atom is -0.389 e. The highest BCUT2D eigenvalue weighted by atomic mass is 32.2. The smallest absolute Gasteiger partial charge is 0.175 e. The lowest BCUT2D eigenvalue weighted by atomic mass is 9.81. The molecule has 112 valence electrons. The lowest BCUT2D eigenvalue weighted by Gasteiger charge is -2.34. The molecule has 0 aliphatic heterocycles. The fourth-order valence-electron chi connectivity index (χ4n) is 2.44. The molecule has 3 nitrogen and oxygen atoms in total. The fourth-order valence-corrected chi connectivity index (χ4v) is 4.13. The highest BCUT2D eigenvalue weighted by Crippen LogP contribution is 2.36. The average Bonchev–Trinajstić information content (AvgIpc) is 2.40. The molecule has 0 unspecified atom stereocenters. The Morgan fingerprint density at radius 1 is 1.25 bits per heavy atom. The number of sulfone groups is 1. The predicted octanol–water partition coefficient (Wildman–Crippen LogP) is 3.12. The van der Waals surface area contributed by atoms with Gasteiger partial charge in [0.25, 0.3) is 0 Å². The minimum atomic E-state index is -3.13. The van der Waals surface area contributed by atoms with Gasteiger partial charge in [-0.2, -0.15) is 0 Å². The molecule has 0 heterocycles. The van der Waals surface area contributed by atoms with Gasteiger partial charge in [0, 0.05) is 16.9 Å². The first-order valence-corrected chi connectivity index (χ1v) is 9.81. The molecule has 0 amide bonds. The normalized spacial score (nSPS) is 27.4. The summed E-state index contributed by atoms with van der Waals surface area (Å²) in [5.41, 5.74) is -0.563. The van der Waals surface area contributed by atoms with E-state index in [1.165, 1.54) is 6.26 Å². The highest BCUT2D eigenvalue weighted by Gasteiger charge is 2.31. The number of benzene rings is 1. The Morgan fingerprint density at radius 3 is 2.30 bits per heavy atom. The van der Waals surface area contributed by atoms with Gasteiger partial charge < -0.3 is 5.11 Å². The quantitative estimate of drug-likeness (QED) is 0.868. The molecule has 0 atom stereocenters. The molecule has 5 heteroatoms. The second-order valence-corrected chi connectivity index (χ2v) is 9.00. The zero-order chi connectivity index (χ0) is 14.8. The predicted molar refractivity (Wildman–Crippen MR) is 82.9 cm³/mol. The maximum atomic E-state index is 11.4. The minimum absolute atomic E-state index is 0.340. The Hall–Kier alpha value is -0.520. The standard InChI is InChI=1S/C15H22O3S2/c1-12-7-9-15(16,10-8-12)11-19-13-3-5-14(6-4-13)20(2,17)18/h3-6,12,16H,7-11H2,1-2H3. The second-order valence-electron chi connectivity index (χ2n) is 5.94. The van der Waals surface area contributed by atoms with Crippen LogP contribution in [0.3, 0.4) is 0 Å². The fraction of sp³-hybridized carbons (Fsp3) is 0.600. The third-order valence-electron chi connectivity index (χ3n) is 3.96. The molecule has 1 aliphatic carbocycles. The second kappa shape index (κ2) is 6.08. The SMILES string of the molecule is CC1CCC(O)(CSc2ccc(S(C)(=O)=O)cc2)CC1. The molecule has 1 aromatic rings. The van der Waals surface area contributed by atoms with E-state index in [9.17, 15) is 13.5 Å². The van der Waals surface area contributed by atoms with E-state index in [1.807, 2.05) is 12.1 Å². The van der Waals surface area contributed by atoms with Gasteiger partial charge >= 0.3 is 0 Å². The molecule has 1 aromatic carbocycles. The van der Waals surface area contributed by atoms with Gasteiger partial charge in [0.15, 0.2) is 9.84 Å². The van der Waals surface area contributed by atoms with Crippen LogP contribution < -0.4 is 0 Å². The van der Waals surface area contributed by atoms with Crippen molar-refractivity contribution < 1.29 is 13.5 Å². The Labute approximate surface area is 125 Å². The Kier molecular flexibility index (Phi) is 4.82. The van der Waals surface area contributed by atoms with Crippen LogP contribution >= 0.6 is 11.8 Å². The van der Waals surface area contributed by atoms with Gasteiger partial charge in [0.2, 0.25) is 0 Å². The molecule has 1 fully saturated rings. The molecule has 0 radical (unpaired) electrons. The van der Waals surface area contributed by atoms with Crippen molar-refractivity contribution in [2.45, 2.75) is 48.0 Å². The Balaban J connectivity index is 1.94. The summed E-state index contributed by atoms with van der Waals surface area (Å²) in [6.45, 7) is 2.23. The molecule has 1 N–H and O–H groups in total. The summed E-state index contributed by atoms with van der Waals surface area (Å²) in [6.07, 6.45) is 5.11. The van der Waals surface area contributed by atoms with Gasteiger partial charge in [-0.1, -0.05) is 6.92 Å². The van der Waals surface area contributed by atoms with E-state index < -0.39 is 15.4 Å². The van der Waals surface area contributed by atoms with Crippen molar-refractivity contribution in [1.82, 2.24) is 0 Å². The van der Waals surface area contributed by atoms with Crippen molar-refractivity contribution in [3.8, 4) is 0 Å². The van der Waals surface area contributed by atoms with Crippen LogP contribution in [0.4, 0.5) is 0 Å². The van der Waals surface area contributed by atoms with Crippen LogP contribution in [0.5, 0.6) is 0 Å². The first kappa shape index (κ1) is 15.9. The van der Waals surface area contributed by atoms with Crippen LogP contribution in [0.1, 0.15) is 32.6 Å². The van der Waals surface area contributed by atoms with Crippen molar-refractivity contribution >= 4 is 21.6 Å². The van der Waals surface area contributed by atoms with Gasteiger partial charge in [-0.05, 0) is 55.9 Å². The number of rotatable bonds is 4. The van der Waals surface area contributed by atoms with E-state index in [0.717, 1.165) is 30.6 Å². The molecule has 2 rings (SSSR count). The van der Waals surface area contributed by atoms with E-state index in [-0.39, 0.29) is 0 Å². The van der Waals surface area contributed by atoms with Crippen molar-refractivity contribution in [3.63, 3.8) is 0 Å². The molecule has 1 saturated carbocycles. The highest BCUT2D eigenvalue weighted by molar-refractivity contribution is 7.99. The first-order valence-electron chi connectivity index (χ1n) is 6.94. The van der Waals surface area contributed by atoms with Crippen LogP contribution in [0.2, 0.25) is 0 Å². The van der Waals surface area contributed by atoms with Crippen LogP contribution in [-0.4, -0.2) is 31.1 Å². The summed E-state index contributed by atoms with van der Waals surface area (Å²) in [4.78, 5) is 1.34. The van der Waals surface area contributed by atoms with E-state index in [1.54, 1.807) is 23.9 Å². The van der Waals surface area contributed by atoms with Gasteiger partial charge in [-0.3, -0.25) is 0 Å². The van der Waals surface area contributed by atoms with Crippen LogP contribution in [0.25, 0.3) is 0 Å². The van der Waals surface area contributed by atoms with E-state index in [0.29, 0.717) is 16.6 Å². The topological polar surface area (TPSA) is 54.4 Å². The molecule has 0 spiro atoms. The molecular weight excluding hydrogens is 292 g/mol. The number of hydrogen-bond donors (Lipinski definition) is 1. The zero-order valence-corrected chi connectivity index (χ0v) is 13.6. The third-order valence-corrected chi connectivity index (χ3v) is 6.38. The van der Waals surface area contributed by atoms with Crippen LogP contribution in [0, 0.1) is 5.92 Å². The summed E-state index contributed by atoms with van der Waals surface area (Å²) in [7, 11) is -3.13. The Morgan fingerprint density at radius 2 is 1.80 bits per heavy atom. The van der Waals surface area contributed by atoms with Gasteiger partial charge in [0.05, 0.1) is 10.5 Å². The summed E-state index contributed by atoms with van der Waals surface area (Å²) in [6, 6.07) is 6.89. The van der Waals surface area contributed by atoms with Gasteiger partial charge in [0.1, 0.15) is 0 Å². The van der Waals surface area contributed by atoms with Crippen LogP contribution in [-0.2, 0) is 9.84 Å². The average molecular weight is 314 g/mol. The lowest BCUT2D eigenvalue weighted by molar-refractivity contribution is 0.0150. The molecule has 0 aromatic heterocycles. The third kappa shape index (κ3) is 4.24. The lowest BCUT2D eigenvalue weighted by Crippen LogP contribution is -2.36. The first-order chi connectivity index (χ1) is 9.28. The summed E-state index contributed by atoms with van der Waals surface area (Å²) in [5, 5.41) is 10.5. The molecule has 20 heavy (non-hydrogen) atoms. The largest absolute Gasteiger partial charge is 0.389 e. The molecule has 1 aliphatic rings. The number of aliphatic hydroxyl groups is 1. The van der Waals surface area contributed by atoms with Crippen LogP contribution in [0.15, 0.2) is 34.1 Å².